The Bertz CT molecular complexity index is 504. The lowest BCUT2D eigenvalue weighted by molar-refractivity contribution is -0.165. The first-order valence-corrected chi connectivity index (χ1v) is 6.88. The van der Waals surface area contributed by atoms with Gasteiger partial charge in [-0.2, -0.15) is 0 Å². The Morgan fingerprint density at radius 1 is 1.35 bits per heavy atom. The van der Waals surface area contributed by atoms with E-state index in [0.717, 1.165) is 12.0 Å². The van der Waals surface area contributed by atoms with Gasteiger partial charge in [-0.25, -0.2) is 0 Å². The molecule has 1 aliphatic rings. The molecule has 3 heteroatoms. The fraction of sp³-hybridized carbons (Fsp3) is 0.353. The van der Waals surface area contributed by atoms with Crippen molar-refractivity contribution in [2.45, 2.75) is 25.4 Å². The summed E-state index contributed by atoms with van der Waals surface area (Å²) in [7, 11) is 0. The van der Waals surface area contributed by atoms with Crippen molar-refractivity contribution < 1.29 is 14.6 Å². The maximum absolute atomic E-state index is 11.6. The van der Waals surface area contributed by atoms with E-state index < -0.39 is 5.60 Å². The Morgan fingerprint density at radius 2 is 2.10 bits per heavy atom. The number of allylic oxidation sites excluding steroid dienone is 3. The SMILES string of the molecule is CC(=O)OC(CCO)(c1ccccc1)C1C=CC=CC1. The lowest BCUT2D eigenvalue weighted by Crippen LogP contribution is -2.40. The van der Waals surface area contributed by atoms with E-state index >= 15 is 0 Å². The highest BCUT2D eigenvalue weighted by atomic mass is 16.6. The molecule has 2 rings (SSSR count). The summed E-state index contributed by atoms with van der Waals surface area (Å²) < 4.78 is 5.72. The topological polar surface area (TPSA) is 46.5 Å². The van der Waals surface area contributed by atoms with Crippen molar-refractivity contribution in [1.82, 2.24) is 0 Å². The number of aliphatic hydroxyl groups is 1. The van der Waals surface area contributed by atoms with Gasteiger partial charge in [0.05, 0.1) is 0 Å². The molecule has 1 aromatic rings. The average molecular weight is 272 g/mol. The maximum atomic E-state index is 11.6. The number of aliphatic hydroxyl groups excluding tert-OH is 1. The summed E-state index contributed by atoms with van der Waals surface area (Å²) in [5.41, 5.74) is 0.123. The van der Waals surface area contributed by atoms with E-state index in [9.17, 15) is 9.90 Å². The van der Waals surface area contributed by atoms with Gasteiger partial charge in [0, 0.05) is 25.9 Å². The molecular formula is C17H20O3. The molecule has 0 aromatic heterocycles. The number of hydrogen-bond donors (Lipinski definition) is 1. The van der Waals surface area contributed by atoms with Crippen LogP contribution >= 0.6 is 0 Å². The lowest BCUT2D eigenvalue weighted by atomic mass is 9.75. The van der Waals surface area contributed by atoms with Gasteiger partial charge < -0.3 is 9.84 Å². The van der Waals surface area contributed by atoms with Gasteiger partial charge in [0.1, 0.15) is 5.60 Å². The first-order chi connectivity index (χ1) is 9.69. The van der Waals surface area contributed by atoms with E-state index in [1.165, 1.54) is 6.92 Å². The quantitative estimate of drug-likeness (QED) is 0.838. The van der Waals surface area contributed by atoms with Crippen molar-refractivity contribution >= 4 is 5.97 Å². The van der Waals surface area contributed by atoms with Gasteiger partial charge in [-0.1, -0.05) is 54.6 Å². The number of carbonyl (C=O) groups is 1. The number of esters is 1. The van der Waals surface area contributed by atoms with E-state index in [1.807, 2.05) is 48.6 Å². The predicted octanol–water partition coefficient (Wildman–Crippen LogP) is 2.96. The standard InChI is InChI=1S/C17H20O3/c1-14(19)20-17(12-13-18,15-8-4-2-5-9-15)16-10-6-3-7-11-16/h2-10,16,18H,11-13H2,1H3. The second-order valence-electron chi connectivity index (χ2n) is 4.98. The van der Waals surface area contributed by atoms with Gasteiger partial charge in [0.25, 0.3) is 0 Å². The Balaban J connectivity index is 2.46. The molecule has 0 radical (unpaired) electrons. The van der Waals surface area contributed by atoms with Crippen molar-refractivity contribution in [3.05, 3.63) is 60.2 Å². The van der Waals surface area contributed by atoms with Crippen LogP contribution in [0.3, 0.4) is 0 Å². The minimum absolute atomic E-state index is 0.0315. The van der Waals surface area contributed by atoms with Crippen LogP contribution in [-0.2, 0) is 15.1 Å². The summed E-state index contributed by atoms with van der Waals surface area (Å²) in [4.78, 5) is 11.6. The van der Waals surface area contributed by atoms with Crippen LogP contribution in [0.4, 0.5) is 0 Å². The number of ether oxygens (including phenoxy) is 1. The zero-order chi connectivity index (χ0) is 14.4. The van der Waals surface area contributed by atoms with Gasteiger partial charge in [0.15, 0.2) is 0 Å². The molecule has 0 fully saturated rings. The normalized spacial score (nSPS) is 20.4. The summed E-state index contributed by atoms with van der Waals surface area (Å²) >= 11 is 0. The third kappa shape index (κ3) is 2.99. The summed E-state index contributed by atoms with van der Waals surface area (Å²) in [6, 6.07) is 9.67. The molecule has 0 spiro atoms. The lowest BCUT2D eigenvalue weighted by Gasteiger charge is -2.39. The minimum atomic E-state index is -0.802. The van der Waals surface area contributed by atoms with Gasteiger partial charge in [0.2, 0.25) is 0 Å². The second kappa shape index (κ2) is 6.53. The Labute approximate surface area is 119 Å². The van der Waals surface area contributed by atoms with Gasteiger partial charge in [-0.15, -0.1) is 0 Å². The second-order valence-corrected chi connectivity index (χ2v) is 4.98. The first kappa shape index (κ1) is 14.5. The molecule has 1 aromatic carbocycles. The van der Waals surface area contributed by atoms with Crippen LogP contribution in [-0.4, -0.2) is 17.7 Å². The van der Waals surface area contributed by atoms with E-state index in [2.05, 4.69) is 6.08 Å². The fourth-order valence-corrected chi connectivity index (χ4v) is 2.80. The number of rotatable bonds is 5. The molecule has 3 nitrogen and oxygen atoms in total. The number of hydrogen-bond acceptors (Lipinski definition) is 3. The van der Waals surface area contributed by atoms with Crippen molar-refractivity contribution in [3.8, 4) is 0 Å². The maximum Gasteiger partial charge on any atom is 0.303 e. The van der Waals surface area contributed by atoms with E-state index in [0.29, 0.717) is 6.42 Å². The first-order valence-electron chi connectivity index (χ1n) is 6.88. The molecule has 0 saturated carbocycles. The van der Waals surface area contributed by atoms with Crippen LogP contribution in [0.15, 0.2) is 54.6 Å². The Hall–Kier alpha value is -1.87. The zero-order valence-corrected chi connectivity index (χ0v) is 11.7. The highest BCUT2D eigenvalue weighted by Crippen LogP contribution is 2.41. The number of benzene rings is 1. The van der Waals surface area contributed by atoms with Crippen LogP contribution < -0.4 is 0 Å². The Kier molecular flexibility index (Phi) is 4.74. The fourth-order valence-electron chi connectivity index (χ4n) is 2.80. The molecule has 0 saturated heterocycles. The molecule has 0 heterocycles. The third-order valence-corrected chi connectivity index (χ3v) is 3.65. The molecule has 2 atom stereocenters. The van der Waals surface area contributed by atoms with E-state index in [-0.39, 0.29) is 18.5 Å². The monoisotopic (exact) mass is 272 g/mol. The van der Waals surface area contributed by atoms with Crippen LogP contribution in [0.1, 0.15) is 25.3 Å². The molecule has 0 amide bonds. The van der Waals surface area contributed by atoms with Gasteiger partial charge >= 0.3 is 5.97 Å². The molecule has 1 aliphatic carbocycles. The van der Waals surface area contributed by atoms with Gasteiger partial charge in [-0.05, 0) is 12.0 Å². The molecule has 2 unspecified atom stereocenters. The van der Waals surface area contributed by atoms with Crippen LogP contribution in [0.2, 0.25) is 0 Å². The summed E-state index contributed by atoms with van der Waals surface area (Å²) in [5, 5.41) is 9.47. The number of carbonyl (C=O) groups excluding carboxylic acids is 1. The molecule has 20 heavy (non-hydrogen) atoms. The zero-order valence-electron chi connectivity index (χ0n) is 11.7. The molecule has 0 aliphatic heterocycles. The van der Waals surface area contributed by atoms with Crippen molar-refractivity contribution in [2.75, 3.05) is 6.61 Å². The highest BCUT2D eigenvalue weighted by Gasteiger charge is 2.41. The van der Waals surface area contributed by atoms with Crippen LogP contribution in [0, 0.1) is 5.92 Å². The summed E-state index contributed by atoms with van der Waals surface area (Å²) in [6.07, 6.45) is 9.23. The van der Waals surface area contributed by atoms with Gasteiger partial charge in [-0.3, -0.25) is 4.79 Å². The van der Waals surface area contributed by atoms with Crippen molar-refractivity contribution in [1.29, 1.82) is 0 Å². The molecule has 106 valence electrons. The van der Waals surface area contributed by atoms with Crippen molar-refractivity contribution in [2.24, 2.45) is 5.92 Å². The minimum Gasteiger partial charge on any atom is -0.454 e. The average Bonchev–Trinajstić information content (AvgIpc) is 2.48. The molecular weight excluding hydrogens is 252 g/mol. The smallest absolute Gasteiger partial charge is 0.303 e. The Morgan fingerprint density at radius 3 is 2.65 bits per heavy atom. The predicted molar refractivity (Wildman–Crippen MR) is 78.0 cm³/mol. The molecule has 1 N–H and O–H groups in total. The van der Waals surface area contributed by atoms with E-state index in [4.69, 9.17) is 4.74 Å². The molecule has 0 bridgehead atoms. The van der Waals surface area contributed by atoms with E-state index in [1.54, 1.807) is 0 Å². The third-order valence-electron chi connectivity index (χ3n) is 3.65. The highest BCUT2D eigenvalue weighted by molar-refractivity contribution is 5.67. The largest absolute Gasteiger partial charge is 0.454 e. The van der Waals surface area contributed by atoms with Crippen LogP contribution in [0.5, 0.6) is 0 Å². The van der Waals surface area contributed by atoms with Crippen molar-refractivity contribution in [3.63, 3.8) is 0 Å². The van der Waals surface area contributed by atoms with Crippen LogP contribution in [0.25, 0.3) is 0 Å². The summed E-state index contributed by atoms with van der Waals surface area (Å²) in [5.74, 6) is -0.295. The summed E-state index contributed by atoms with van der Waals surface area (Å²) in [6.45, 7) is 1.38.